The molecule has 3 heterocycles. The molecule has 17 unspecified atom stereocenters. The van der Waals surface area contributed by atoms with E-state index in [1.165, 1.54) is 122 Å². The molecule has 17 atom stereocenters. The molecule has 12 N–H and O–H groups in total. The zero-order valence-electron chi connectivity index (χ0n) is 64.4. The topological polar surface area (TPSA) is 307 Å². The maximum atomic E-state index is 13.5. The predicted molar refractivity (Wildman–Crippen MR) is 419 cm³/mol. The fourth-order valence-corrected chi connectivity index (χ4v) is 13.0. The summed E-state index contributed by atoms with van der Waals surface area (Å²) in [6.45, 7) is 1.67. The maximum absolute atomic E-state index is 13.5. The van der Waals surface area contributed by atoms with Crippen LogP contribution in [0.15, 0.2) is 134 Å². The second kappa shape index (κ2) is 64.7. The Morgan fingerprint density at radius 3 is 1.02 bits per heavy atom. The van der Waals surface area contributed by atoms with Crippen molar-refractivity contribution in [1.29, 1.82) is 0 Å². The van der Waals surface area contributed by atoms with E-state index >= 15 is 0 Å². The number of unbranched alkanes of at least 4 members (excludes halogenated alkanes) is 25. The molecule has 0 bridgehead atoms. The van der Waals surface area contributed by atoms with Crippen molar-refractivity contribution in [2.75, 3.05) is 26.4 Å². The van der Waals surface area contributed by atoms with Crippen LogP contribution in [0.25, 0.3) is 0 Å². The highest BCUT2D eigenvalue weighted by atomic mass is 16.8. The minimum absolute atomic E-state index is 0.218. The van der Waals surface area contributed by atoms with Crippen molar-refractivity contribution in [2.24, 2.45) is 0 Å². The van der Waals surface area contributed by atoms with Crippen LogP contribution in [0.4, 0.5) is 0 Å². The summed E-state index contributed by atoms with van der Waals surface area (Å²) in [6, 6.07) is -0.917. The van der Waals surface area contributed by atoms with Gasteiger partial charge in [-0.3, -0.25) is 4.79 Å². The van der Waals surface area contributed by atoms with Gasteiger partial charge in [0, 0.05) is 6.42 Å². The minimum Gasteiger partial charge on any atom is -0.394 e. The van der Waals surface area contributed by atoms with E-state index in [-0.39, 0.29) is 18.9 Å². The van der Waals surface area contributed by atoms with Crippen molar-refractivity contribution in [3.05, 3.63) is 134 Å². The summed E-state index contributed by atoms with van der Waals surface area (Å²) in [5, 5.41) is 121. The van der Waals surface area contributed by atoms with E-state index in [1.54, 1.807) is 0 Å². The summed E-state index contributed by atoms with van der Waals surface area (Å²) >= 11 is 0. The molecule has 3 fully saturated rings. The largest absolute Gasteiger partial charge is 0.394 e. The number of nitrogens with one attached hydrogen (secondary N) is 1. The summed E-state index contributed by atoms with van der Waals surface area (Å²) in [4.78, 5) is 13.5. The molecule has 602 valence electrons. The van der Waals surface area contributed by atoms with Crippen LogP contribution in [0.5, 0.6) is 0 Å². The van der Waals surface area contributed by atoms with E-state index in [2.05, 4.69) is 153 Å². The standard InChI is InChI=1S/C86H145NO18/c1-3-5-7-9-11-13-15-17-19-21-23-25-27-28-29-30-31-32-33-34-35-36-37-38-39-40-42-44-46-48-50-52-54-56-58-60-62-64-74(92)87-69(70(91)63-61-59-57-55-53-51-49-47-45-43-41-26-24-22-20-18-16-14-12-10-8-6-4-2)68-100-84-80(98)77(95)82(72(66-89)102-84)105-86-81(99)78(96)83(73(67-90)103-86)104-85-79(97)76(94)75(93)71(65-88)101-85/h5,7,11,13,17,19,23,25,28-29,31-32,34-35,37-38,40,42,46,48,52,54,69-73,75-86,88-91,93-99H,3-4,6,8-10,12,14-16,18,20-22,24,26-27,30,33,36,39,41,43-45,47,49-51,53,55-68H2,1-2H3,(H,87,92)/b7-5-,13-11-,19-17-,25-23-,29-28-,32-31-,35-34-,38-37-,42-40-,48-46-,54-52-. The zero-order chi connectivity index (χ0) is 76.0. The van der Waals surface area contributed by atoms with Gasteiger partial charge in [0.05, 0.1) is 38.6 Å². The molecule has 0 radical (unpaired) electrons. The quantitative estimate of drug-likeness (QED) is 0.0199. The Labute approximate surface area is 632 Å². The Morgan fingerprint density at radius 2 is 0.657 bits per heavy atom. The van der Waals surface area contributed by atoms with Gasteiger partial charge in [-0.2, -0.15) is 0 Å². The number of amides is 1. The molecule has 105 heavy (non-hydrogen) atoms. The first-order valence-electron chi connectivity index (χ1n) is 40.9. The number of aliphatic hydroxyl groups is 11. The molecule has 0 spiro atoms. The molecule has 0 aromatic carbocycles. The number of hydrogen-bond donors (Lipinski definition) is 12. The van der Waals surface area contributed by atoms with Gasteiger partial charge in [-0.15, -0.1) is 0 Å². The van der Waals surface area contributed by atoms with Gasteiger partial charge in [-0.25, -0.2) is 0 Å². The monoisotopic (exact) mass is 1480 g/mol. The Kier molecular flexibility index (Phi) is 58.6. The molecule has 3 saturated heterocycles. The number of allylic oxidation sites excluding steroid dienone is 22. The van der Waals surface area contributed by atoms with Gasteiger partial charge in [0.25, 0.3) is 0 Å². The van der Waals surface area contributed by atoms with E-state index in [0.717, 1.165) is 109 Å². The van der Waals surface area contributed by atoms with Crippen LogP contribution in [0, 0.1) is 0 Å². The molecule has 0 aliphatic carbocycles. The first-order chi connectivity index (χ1) is 51.3. The second-order valence-corrected chi connectivity index (χ2v) is 28.5. The van der Waals surface area contributed by atoms with E-state index in [1.807, 2.05) is 0 Å². The highest BCUT2D eigenvalue weighted by molar-refractivity contribution is 5.76. The van der Waals surface area contributed by atoms with Gasteiger partial charge < -0.3 is 89.9 Å². The Hall–Kier alpha value is -4.07. The predicted octanol–water partition coefficient (Wildman–Crippen LogP) is 14.1. The lowest BCUT2D eigenvalue weighted by Crippen LogP contribution is -2.66. The Morgan fingerprint density at radius 1 is 0.352 bits per heavy atom. The van der Waals surface area contributed by atoms with Crippen LogP contribution in [-0.4, -0.2) is 193 Å². The number of carbonyl (C=O) groups is 1. The fourth-order valence-electron chi connectivity index (χ4n) is 13.0. The molecule has 19 nitrogen and oxygen atoms in total. The van der Waals surface area contributed by atoms with E-state index < -0.39 is 124 Å². The smallest absolute Gasteiger partial charge is 0.220 e. The average molecular weight is 1480 g/mol. The van der Waals surface area contributed by atoms with Crippen molar-refractivity contribution >= 4 is 5.91 Å². The Balaban J connectivity index is 1.38. The first kappa shape index (κ1) is 95.1. The lowest BCUT2D eigenvalue weighted by molar-refractivity contribution is -0.379. The molecule has 3 aliphatic rings. The van der Waals surface area contributed by atoms with Crippen molar-refractivity contribution in [1.82, 2.24) is 5.32 Å². The molecular weight excluding hydrogens is 1330 g/mol. The summed E-state index contributed by atoms with van der Waals surface area (Å²) in [5.41, 5.74) is 0. The van der Waals surface area contributed by atoms with Crippen LogP contribution in [-0.2, 0) is 33.2 Å². The van der Waals surface area contributed by atoms with Gasteiger partial charge in [0.1, 0.15) is 73.2 Å². The number of carbonyl (C=O) groups excluding carboxylic acids is 1. The zero-order valence-corrected chi connectivity index (χ0v) is 64.4. The van der Waals surface area contributed by atoms with E-state index in [0.29, 0.717) is 19.3 Å². The lowest BCUT2D eigenvalue weighted by Gasteiger charge is -2.48. The number of hydrogen-bond acceptors (Lipinski definition) is 18. The maximum Gasteiger partial charge on any atom is 0.220 e. The van der Waals surface area contributed by atoms with Crippen LogP contribution < -0.4 is 5.32 Å². The van der Waals surface area contributed by atoms with Crippen LogP contribution in [0.2, 0.25) is 0 Å². The third kappa shape index (κ3) is 44.4. The highest BCUT2D eigenvalue weighted by Gasteiger charge is 2.54. The van der Waals surface area contributed by atoms with Gasteiger partial charge in [0.15, 0.2) is 18.9 Å². The minimum atomic E-state index is -1.98. The van der Waals surface area contributed by atoms with Gasteiger partial charge in [-0.05, 0) is 96.3 Å². The van der Waals surface area contributed by atoms with Crippen molar-refractivity contribution in [2.45, 2.75) is 375 Å². The number of ether oxygens (including phenoxy) is 6. The second-order valence-electron chi connectivity index (χ2n) is 28.5. The van der Waals surface area contributed by atoms with E-state index in [9.17, 15) is 61.0 Å². The molecule has 0 aromatic heterocycles. The third-order valence-corrected chi connectivity index (χ3v) is 19.5. The van der Waals surface area contributed by atoms with Gasteiger partial charge in [-0.1, -0.05) is 302 Å². The SMILES string of the molecule is CC/C=C\C/C=C\C/C=C\C/C=C\C/C=C\C/C=C\C/C=C\C/C=C\C/C=C\C/C=C\C/C=C\CCCCCC(=O)NC(COC1OC(CO)C(OC2OC(CO)C(OC3OC(CO)C(O)C(O)C3O)C(O)C2O)C(O)C1O)C(O)CCCCCCCCCCCCCCCCCCCCCCCCC. The third-order valence-electron chi connectivity index (χ3n) is 19.5. The number of rotatable bonds is 63. The molecule has 1 amide bonds. The lowest BCUT2D eigenvalue weighted by atomic mass is 9.96. The van der Waals surface area contributed by atoms with Crippen LogP contribution in [0.3, 0.4) is 0 Å². The van der Waals surface area contributed by atoms with Crippen molar-refractivity contribution in [3.63, 3.8) is 0 Å². The fraction of sp³-hybridized carbons (Fsp3) is 0.733. The van der Waals surface area contributed by atoms with Crippen molar-refractivity contribution in [3.8, 4) is 0 Å². The van der Waals surface area contributed by atoms with Crippen molar-refractivity contribution < 1.29 is 89.4 Å². The average Bonchev–Trinajstić information content (AvgIpc) is 0.779. The molecular formula is C86H145NO18. The summed E-state index contributed by atoms with van der Waals surface area (Å²) in [6.07, 6.45) is 65.3. The van der Waals surface area contributed by atoms with Gasteiger partial charge in [0.2, 0.25) is 5.91 Å². The summed E-state index contributed by atoms with van der Waals surface area (Å²) in [5.74, 6) is -0.277. The molecule has 3 rings (SSSR count). The van der Waals surface area contributed by atoms with E-state index in [4.69, 9.17) is 28.4 Å². The first-order valence-corrected chi connectivity index (χ1v) is 40.9. The molecule has 0 aromatic rings. The molecule has 19 heteroatoms. The summed E-state index contributed by atoms with van der Waals surface area (Å²) in [7, 11) is 0. The van der Waals surface area contributed by atoms with Crippen LogP contribution >= 0.6 is 0 Å². The number of aliphatic hydroxyl groups excluding tert-OH is 11. The normalized spacial score (nSPS) is 26.5. The highest BCUT2D eigenvalue weighted by Crippen LogP contribution is 2.33. The summed E-state index contributed by atoms with van der Waals surface area (Å²) < 4.78 is 34.5. The van der Waals surface area contributed by atoms with Crippen LogP contribution in [0.1, 0.15) is 271 Å². The molecule has 0 saturated carbocycles. The Bertz CT molecular complexity index is 2420. The molecule has 3 aliphatic heterocycles. The van der Waals surface area contributed by atoms with Gasteiger partial charge >= 0.3 is 0 Å².